The molecule has 1 aliphatic rings. The van der Waals surface area contributed by atoms with Crippen molar-refractivity contribution in [1.82, 2.24) is 30.1 Å². The molecule has 0 spiro atoms. The second kappa shape index (κ2) is 11.8. The maximum absolute atomic E-state index is 16.0. The van der Waals surface area contributed by atoms with E-state index in [0.29, 0.717) is 43.4 Å². The molecule has 1 saturated heterocycles. The van der Waals surface area contributed by atoms with E-state index >= 15 is 8.78 Å². The third kappa shape index (κ3) is 6.34. The van der Waals surface area contributed by atoms with Crippen LogP contribution in [0, 0.1) is 11.6 Å². The van der Waals surface area contributed by atoms with Crippen LogP contribution in [-0.4, -0.2) is 73.1 Å². The normalized spacial score (nSPS) is 15.6. The predicted octanol–water partition coefficient (Wildman–Crippen LogP) is 4.75. The van der Waals surface area contributed by atoms with E-state index in [1.807, 2.05) is 45.0 Å². The lowest BCUT2D eigenvalue weighted by molar-refractivity contribution is -0.207. The number of carbonyl (C=O) groups excluding carboxylic acids is 1. The highest BCUT2D eigenvalue weighted by molar-refractivity contribution is 5.69. The van der Waals surface area contributed by atoms with Crippen molar-refractivity contribution >= 4 is 11.8 Å². The van der Waals surface area contributed by atoms with Crippen molar-refractivity contribution in [2.24, 2.45) is 0 Å². The van der Waals surface area contributed by atoms with Crippen molar-refractivity contribution in [3.63, 3.8) is 0 Å². The SMILES string of the molecule is CC(C)(C)OC(=O)N1CCN(c2ccc(-c3ccc(C(F)(F)[C@](O)(Cn4cnnn4)c4ccc(F)cc4F)nc3)cc2)CC1. The largest absolute Gasteiger partial charge is 0.444 e. The van der Waals surface area contributed by atoms with Crippen molar-refractivity contribution in [3.05, 3.63) is 90.0 Å². The van der Waals surface area contributed by atoms with Gasteiger partial charge in [-0.25, -0.2) is 18.3 Å². The maximum atomic E-state index is 16.0. The minimum atomic E-state index is -4.15. The number of aliphatic hydroxyl groups is 1. The number of alkyl halides is 2. The Morgan fingerprint density at radius 1 is 0.955 bits per heavy atom. The average Bonchev–Trinajstić information content (AvgIpc) is 3.49. The first kappa shape index (κ1) is 30.9. The lowest BCUT2D eigenvalue weighted by Gasteiger charge is -2.36. The van der Waals surface area contributed by atoms with Crippen LogP contribution in [0.15, 0.2) is 67.1 Å². The fraction of sp³-hybridized carbons (Fsp3) is 0.367. The van der Waals surface area contributed by atoms with E-state index in [1.54, 1.807) is 4.90 Å². The molecule has 2 aromatic heterocycles. The number of ether oxygens (including phenoxy) is 1. The van der Waals surface area contributed by atoms with Gasteiger partial charge in [-0.05, 0) is 67.1 Å². The smallest absolute Gasteiger partial charge is 0.410 e. The van der Waals surface area contributed by atoms with Crippen molar-refractivity contribution in [3.8, 4) is 11.1 Å². The second-order valence-corrected chi connectivity index (χ2v) is 11.5. The molecule has 232 valence electrons. The molecular formula is C30H31F4N7O3. The quantitative estimate of drug-likeness (QED) is 0.298. The first-order valence-electron chi connectivity index (χ1n) is 13.8. The second-order valence-electron chi connectivity index (χ2n) is 11.5. The number of amides is 1. The van der Waals surface area contributed by atoms with E-state index in [2.05, 4.69) is 25.4 Å². The molecule has 1 N–H and O–H groups in total. The number of piperazine rings is 1. The fourth-order valence-corrected chi connectivity index (χ4v) is 4.97. The standard InChI is InChI=1S/C30H31F4N7O3/c1-28(2,3)44-27(42)40-14-12-39(13-15-40)23-8-4-20(5-9-23)21-6-11-26(35-17-21)30(33,34)29(43,18-41-19-36-37-38-41)24-10-7-22(31)16-25(24)32/h4-11,16-17,19,43H,12-15,18H2,1-3H3/t29-/m0/s1. The molecule has 4 aromatic rings. The van der Waals surface area contributed by atoms with Crippen LogP contribution in [0.25, 0.3) is 11.1 Å². The van der Waals surface area contributed by atoms with Crippen molar-refractivity contribution in [2.45, 2.75) is 44.4 Å². The van der Waals surface area contributed by atoms with Crippen LogP contribution in [0.1, 0.15) is 32.0 Å². The Balaban J connectivity index is 1.32. The number of nitrogens with zero attached hydrogens (tertiary/aromatic N) is 7. The number of aromatic nitrogens is 5. The van der Waals surface area contributed by atoms with Gasteiger partial charge in [-0.3, -0.25) is 4.98 Å². The summed E-state index contributed by atoms with van der Waals surface area (Å²) < 4.78 is 66.6. The molecule has 1 amide bonds. The average molecular weight is 614 g/mol. The summed E-state index contributed by atoms with van der Waals surface area (Å²) in [6.07, 6.45) is 1.88. The zero-order valence-corrected chi connectivity index (χ0v) is 24.3. The molecule has 0 unspecified atom stereocenters. The summed E-state index contributed by atoms with van der Waals surface area (Å²) in [6, 6.07) is 11.9. The highest BCUT2D eigenvalue weighted by Gasteiger charge is 2.58. The summed E-state index contributed by atoms with van der Waals surface area (Å²) >= 11 is 0. The van der Waals surface area contributed by atoms with Crippen molar-refractivity contribution < 1.29 is 32.2 Å². The van der Waals surface area contributed by atoms with Crippen LogP contribution < -0.4 is 4.90 Å². The Morgan fingerprint density at radius 3 is 2.20 bits per heavy atom. The van der Waals surface area contributed by atoms with Crippen LogP contribution in [0.3, 0.4) is 0 Å². The number of benzene rings is 2. The highest BCUT2D eigenvalue weighted by atomic mass is 19.3. The van der Waals surface area contributed by atoms with Gasteiger partial charge in [0.25, 0.3) is 0 Å². The lowest BCUT2D eigenvalue weighted by atomic mass is 9.84. The fourth-order valence-electron chi connectivity index (χ4n) is 4.97. The third-order valence-corrected chi connectivity index (χ3v) is 7.26. The van der Waals surface area contributed by atoms with Crippen LogP contribution in [-0.2, 0) is 22.8 Å². The summed E-state index contributed by atoms with van der Waals surface area (Å²) in [7, 11) is 0. The van der Waals surface area contributed by atoms with E-state index in [4.69, 9.17) is 4.74 Å². The predicted molar refractivity (Wildman–Crippen MR) is 152 cm³/mol. The zero-order valence-electron chi connectivity index (χ0n) is 24.3. The minimum absolute atomic E-state index is 0.342. The van der Waals surface area contributed by atoms with Gasteiger partial charge >= 0.3 is 12.0 Å². The number of rotatable bonds is 7. The number of halogens is 4. The first-order chi connectivity index (χ1) is 20.8. The summed E-state index contributed by atoms with van der Waals surface area (Å²) in [5, 5.41) is 21.6. The van der Waals surface area contributed by atoms with Crippen LogP contribution in [0.5, 0.6) is 0 Å². The molecule has 1 aliphatic heterocycles. The number of anilines is 1. The molecule has 1 fully saturated rings. The van der Waals surface area contributed by atoms with Gasteiger partial charge < -0.3 is 19.6 Å². The summed E-state index contributed by atoms with van der Waals surface area (Å²) in [5.74, 6) is -6.50. The summed E-state index contributed by atoms with van der Waals surface area (Å²) in [5.41, 5.74) is -3.29. The Labute approximate surface area is 250 Å². The Morgan fingerprint density at radius 2 is 1.64 bits per heavy atom. The number of hydrogen-bond donors (Lipinski definition) is 1. The lowest BCUT2D eigenvalue weighted by Crippen LogP contribution is -2.50. The first-order valence-corrected chi connectivity index (χ1v) is 13.8. The van der Waals surface area contributed by atoms with E-state index in [9.17, 15) is 18.7 Å². The third-order valence-electron chi connectivity index (χ3n) is 7.26. The molecule has 3 heterocycles. The molecule has 44 heavy (non-hydrogen) atoms. The molecule has 1 atom stereocenters. The number of tetrazole rings is 1. The molecule has 10 nitrogen and oxygen atoms in total. The maximum Gasteiger partial charge on any atom is 0.410 e. The van der Waals surface area contributed by atoms with Gasteiger partial charge in [-0.15, -0.1) is 5.10 Å². The molecule has 0 saturated carbocycles. The monoisotopic (exact) mass is 613 g/mol. The van der Waals surface area contributed by atoms with Gasteiger partial charge in [0.2, 0.25) is 0 Å². The summed E-state index contributed by atoms with van der Waals surface area (Å²) in [6.45, 7) is 6.79. The molecule has 2 aromatic carbocycles. The molecule has 0 radical (unpaired) electrons. The molecule has 14 heteroatoms. The van der Waals surface area contributed by atoms with Crippen LogP contribution in [0.4, 0.5) is 28.0 Å². The number of hydrogen-bond acceptors (Lipinski definition) is 8. The molecule has 0 bridgehead atoms. The van der Waals surface area contributed by atoms with Crippen LogP contribution >= 0.6 is 0 Å². The summed E-state index contributed by atoms with van der Waals surface area (Å²) in [4.78, 5) is 20.1. The van der Waals surface area contributed by atoms with Crippen molar-refractivity contribution in [1.29, 1.82) is 0 Å². The van der Waals surface area contributed by atoms with E-state index in [0.717, 1.165) is 34.9 Å². The van der Waals surface area contributed by atoms with Gasteiger partial charge in [0.05, 0.1) is 6.54 Å². The van der Waals surface area contributed by atoms with Crippen LogP contribution in [0.2, 0.25) is 0 Å². The van der Waals surface area contributed by atoms with E-state index < -0.39 is 46.6 Å². The molecular weight excluding hydrogens is 582 g/mol. The van der Waals surface area contributed by atoms with Gasteiger partial charge in [-0.1, -0.05) is 18.2 Å². The van der Waals surface area contributed by atoms with Gasteiger partial charge in [0, 0.05) is 55.3 Å². The van der Waals surface area contributed by atoms with E-state index in [-0.39, 0.29) is 6.09 Å². The molecule has 0 aliphatic carbocycles. The Bertz CT molecular complexity index is 1590. The minimum Gasteiger partial charge on any atom is -0.444 e. The number of carbonyl (C=O) groups is 1. The Hall–Kier alpha value is -4.59. The Kier molecular flexibility index (Phi) is 8.30. The van der Waals surface area contributed by atoms with Gasteiger partial charge in [0.15, 0.2) is 5.60 Å². The van der Waals surface area contributed by atoms with Gasteiger partial charge in [-0.2, -0.15) is 8.78 Å². The van der Waals surface area contributed by atoms with Crippen molar-refractivity contribution in [2.75, 3.05) is 31.1 Å². The highest BCUT2D eigenvalue weighted by Crippen LogP contribution is 2.47. The van der Waals surface area contributed by atoms with Gasteiger partial charge in [0.1, 0.15) is 29.3 Å². The zero-order chi connectivity index (χ0) is 31.7. The molecule has 5 rings (SSSR count). The number of pyridine rings is 1. The van der Waals surface area contributed by atoms with E-state index in [1.165, 1.54) is 12.3 Å². The topological polar surface area (TPSA) is 110 Å².